The van der Waals surface area contributed by atoms with E-state index in [-0.39, 0.29) is 5.82 Å². The van der Waals surface area contributed by atoms with Crippen LogP contribution in [-0.4, -0.2) is 7.05 Å². The van der Waals surface area contributed by atoms with Crippen LogP contribution in [0.15, 0.2) is 46.9 Å². The van der Waals surface area contributed by atoms with E-state index in [1.807, 2.05) is 31.3 Å². The van der Waals surface area contributed by atoms with Crippen molar-refractivity contribution in [2.45, 2.75) is 6.54 Å². The lowest BCUT2D eigenvalue weighted by Gasteiger charge is -2.07. The van der Waals surface area contributed by atoms with Crippen LogP contribution in [0.4, 0.5) is 4.39 Å². The van der Waals surface area contributed by atoms with Crippen LogP contribution in [-0.2, 0) is 6.54 Å². The number of nitrogens with one attached hydrogen (secondary N) is 1. The van der Waals surface area contributed by atoms with Gasteiger partial charge in [0.05, 0.1) is 0 Å². The summed E-state index contributed by atoms with van der Waals surface area (Å²) in [5.41, 5.74) is 2.67. The van der Waals surface area contributed by atoms with Crippen molar-refractivity contribution in [3.63, 3.8) is 0 Å². The van der Waals surface area contributed by atoms with Crippen molar-refractivity contribution in [2.24, 2.45) is 0 Å². The first-order valence-electron chi connectivity index (χ1n) is 6.30. The van der Waals surface area contributed by atoms with Gasteiger partial charge in [0.15, 0.2) is 0 Å². The molecule has 1 N–H and O–H groups in total. The molecule has 3 aromatic rings. The highest BCUT2D eigenvalue weighted by molar-refractivity contribution is 6.30. The molecule has 0 saturated heterocycles. The SMILES string of the molecule is CNCc1cc(Cl)ccc1-c1cc2cc(F)ccc2o1. The van der Waals surface area contributed by atoms with Crippen molar-refractivity contribution >= 4 is 22.6 Å². The van der Waals surface area contributed by atoms with Crippen molar-refractivity contribution in [1.82, 2.24) is 5.32 Å². The van der Waals surface area contributed by atoms with Crippen molar-refractivity contribution in [2.75, 3.05) is 7.05 Å². The van der Waals surface area contributed by atoms with Gasteiger partial charge in [-0.15, -0.1) is 0 Å². The third kappa shape index (κ3) is 2.42. The molecule has 4 heteroatoms. The van der Waals surface area contributed by atoms with E-state index in [9.17, 15) is 4.39 Å². The Bertz CT molecular complexity index is 766. The van der Waals surface area contributed by atoms with Crippen molar-refractivity contribution in [1.29, 1.82) is 0 Å². The van der Waals surface area contributed by atoms with Crippen LogP contribution in [0.5, 0.6) is 0 Å². The molecule has 0 fully saturated rings. The summed E-state index contributed by atoms with van der Waals surface area (Å²) in [6.45, 7) is 0.682. The molecule has 2 nitrogen and oxygen atoms in total. The normalized spacial score (nSPS) is 11.2. The topological polar surface area (TPSA) is 25.2 Å². The van der Waals surface area contributed by atoms with Gasteiger partial charge in [-0.25, -0.2) is 4.39 Å². The molecule has 1 heterocycles. The fourth-order valence-electron chi connectivity index (χ4n) is 2.29. The minimum Gasteiger partial charge on any atom is -0.456 e. The molecule has 0 bridgehead atoms. The molecular formula is C16H13ClFNO. The van der Waals surface area contributed by atoms with Gasteiger partial charge in [-0.2, -0.15) is 0 Å². The smallest absolute Gasteiger partial charge is 0.135 e. The van der Waals surface area contributed by atoms with Crippen molar-refractivity contribution in [3.8, 4) is 11.3 Å². The summed E-state index contributed by atoms with van der Waals surface area (Å²) in [5.74, 6) is 0.448. The molecule has 0 spiro atoms. The van der Waals surface area contributed by atoms with E-state index < -0.39 is 0 Å². The molecule has 0 aliphatic heterocycles. The first-order chi connectivity index (χ1) is 9.67. The molecule has 0 amide bonds. The molecule has 0 aliphatic rings. The molecule has 0 aliphatic carbocycles. The third-order valence-electron chi connectivity index (χ3n) is 3.18. The maximum Gasteiger partial charge on any atom is 0.135 e. The molecule has 0 radical (unpaired) electrons. The van der Waals surface area contributed by atoms with E-state index in [1.54, 1.807) is 6.07 Å². The van der Waals surface area contributed by atoms with Crippen LogP contribution in [0.1, 0.15) is 5.56 Å². The van der Waals surface area contributed by atoms with Crippen LogP contribution in [0, 0.1) is 5.82 Å². The van der Waals surface area contributed by atoms with Gasteiger partial charge in [-0.3, -0.25) is 0 Å². The Labute approximate surface area is 121 Å². The predicted octanol–water partition coefficient (Wildman–Crippen LogP) is 4.61. The van der Waals surface area contributed by atoms with Gasteiger partial charge in [0.25, 0.3) is 0 Å². The van der Waals surface area contributed by atoms with E-state index >= 15 is 0 Å². The highest BCUT2D eigenvalue weighted by Crippen LogP contribution is 2.31. The van der Waals surface area contributed by atoms with E-state index in [0.29, 0.717) is 22.9 Å². The molecule has 0 saturated carbocycles. The summed E-state index contributed by atoms with van der Waals surface area (Å²) in [6, 6.07) is 12.0. The number of fused-ring (bicyclic) bond motifs is 1. The monoisotopic (exact) mass is 289 g/mol. The zero-order chi connectivity index (χ0) is 14.1. The average molecular weight is 290 g/mol. The summed E-state index contributed by atoms with van der Waals surface area (Å²) in [5, 5.41) is 4.54. The molecule has 1 aromatic heterocycles. The fourth-order valence-corrected chi connectivity index (χ4v) is 2.48. The molecule has 3 rings (SSSR count). The quantitative estimate of drug-likeness (QED) is 0.761. The van der Waals surface area contributed by atoms with Gasteiger partial charge in [0.2, 0.25) is 0 Å². The summed E-state index contributed by atoms with van der Waals surface area (Å²) in [7, 11) is 1.87. The zero-order valence-electron chi connectivity index (χ0n) is 10.9. The number of benzene rings is 2. The number of halogens is 2. The zero-order valence-corrected chi connectivity index (χ0v) is 11.7. The van der Waals surface area contributed by atoms with Gasteiger partial charge in [0.1, 0.15) is 17.2 Å². The number of furan rings is 1. The van der Waals surface area contributed by atoms with Gasteiger partial charge >= 0.3 is 0 Å². The fraction of sp³-hybridized carbons (Fsp3) is 0.125. The van der Waals surface area contributed by atoms with Gasteiger partial charge in [0, 0.05) is 22.5 Å². The minimum atomic E-state index is -0.267. The largest absolute Gasteiger partial charge is 0.456 e. The second-order valence-corrected chi connectivity index (χ2v) is 5.06. The van der Waals surface area contributed by atoms with Crippen molar-refractivity contribution < 1.29 is 8.81 Å². The standard InChI is InChI=1S/C16H13ClFNO/c1-19-9-11-6-12(17)2-4-14(11)16-8-10-7-13(18)3-5-15(10)20-16/h2-8,19H,9H2,1H3. The van der Waals surface area contributed by atoms with Crippen LogP contribution >= 0.6 is 11.6 Å². The lowest BCUT2D eigenvalue weighted by atomic mass is 10.0. The molecular weight excluding hydrogens is 277 g/mol. The molecule has 0 atom stereocenters. The first kappa shape index (κ1) is 13.2. The van der Waals surface area contributed by atoms with Gasteiger partial charge in [-0.1, -0.05) is 11.6 Å². The molecule has 0 unspecified atom stereocenters. The maximum absolute atomic E-state index is 13.2. The summed E-state index contributed by atoms with van der Waals surface area (Å²) in [6.07, 6.45) is 0. The molecule has 102 valence electrons. The highest BCUT2D eigenvalue weighted by Gasteiger charge is 2.11. The van der Waals surface area contributed by atoms with Crippen LogP contribution < -0.4 is 5.32 Å². The Morgan fingerprint density at radius 1 is 1.15 bits per heavy atom. The Morgan fingerprint density at radius 3 is 2.80 bits per heavy atom. The molecule has 20 heavy (non-hydrogen) atoms. The second-order valence-electron chi connectivity index (χ2n) is 4.62. The number of hydrogen-bond acceptors (Lipinski definition) is 2. The molecule has 2 aromatic carbocycles. The lowest BCUT2D eigenvalue weighted by Crippen LogP contribution is -2.06. The predicted molar refractivity (Wildman–Crippen MR) is 79.4 cm³/mol. The van der Waals surface area contributed by atoms with Crippen LogP contribution in [0.2, 0.25) is 5.02 Å². The minimum absolute atomic E-state index is 0.267. The van der Waals surface area contributed by atoms with Gasteiger partial charge in [-0.05, 0) is 55.1 Å². The first-order valence-corrected chi connectivity index (χ1v) is 6.67. The summed E-state index contributed by atoms with van der Waals surface area (Å²) >= 11 is 6.03. The Hall–Kier alpha value is -1.84. The Morgan fingerprint density at radius 2 is 2.00 bits per heavy atom. The number of hydrogen-bond donors (Lipinski definition) is 1. The van der Waals surface area contributed by atoms with Crippen LogP contribution in [0.25, 0.3) is 22.3 Å². The summed E-state index contributed by atoms with van der Waals surface area (Å²) in [4.78, 5) is 0. The Balaban J connectivity index is 2.14. The number of rotatable bonds is 3. The second kappa shape index (κ2) is 5.27. The van der Waals surface area contributed by atoms with Crippen LogP contribution in [0.3, 0.4) is 0 Å². The highest BCUT2D eigenvalue weighted by atomic mass is 35.5. The van der Waals surface area contributed by atoms with Gasteiger partial charge < -0.3 is 9.73 Å². The average Bonchev–Trinajstić information content (AvgIpc) is 2.82. The Kier molecular flexibility index (Phi) is 3.47. The van der Waals surface area contributed by atoms with E-state index in [4.69, 9.17) is 16.0 Å². The summed E-state index contributed by atoms with van der Waals surface area (Å²) < 4.78 is 19.0. The van der Waals surface area contributed by atoms with Crippen molar-refractivity contribution in [3.05, 3.63) is 58.9 Å². The lowest BCUT2D eigenvalue weighted by molar-refractivity contribution is 0.618. The van der Waals surface area contributed by atoms with E-state index in [2.05, 4.69) is 5.32 Å². The van der Waals surface area contributed by atoms with E-state index in [1.165, 1.54) is 12.1 Å². The van der Waals surface area contributed by atoms with E-state index in [0.717, 1.165) is 16.5 Å². The third-order valence-corrected chi connectivity index (χ3v) is 3.41. The maximum atomic E-state index is 13.2.